The van der Waals surface area contributed by atoms with Crippen molar-refractivity contribution in [3.05, 3.63) is 51.5 Å². The lowest BCUT2D eigenvalue weighted by Gasteiger charge is -2.14. The number of anilines is 1. The highest BCUT2D eigenvalue weighted by atomic mass is 32.1. The maximum absolute atomic E-state index is 12.5. The second-order valence-electron chi connectivity index (χ2n) is 6.10. The van der Waals surface area contributed by atoms with Gasteiger partial charge >= 0.3 is 6.18 Å². The Balaban J connectivity index is 1.62. The molecule has 0 radical (unpaired) electrons. The van der Waals surface area contributed by atoms with Gasteiger partial charge in [-0.05, 0) is 25.0 Å². The van der Waals surface area contributed by atoms with Crippen molar-refractivity contribution in [2.45, 2.75) is 32.5 Å². The smallest absolute Gasteiger partial charge is 0.379 e. The molecule has 1 unspecified atom stereocenters. The number of rotatable bonds is 5. The molecule has 10 heteroatoms. The van der Waals surface area contributed by atoms with Crippen LogP contribution < -0.4 is 5.32 Å². The summed E-state index contributed by atoms with van der Waals surface area (Å²) in [6.45, 7) is 3.81. The molecule has 3 rings (SSSR count). The van der Waals surface area contributed by atoms with Crippen LogP contribution in [0.15, 0.2) is 29.6 Å². The fraction of sp³-hybridized carbons (Fsp3) is 0.278. The maximum Gasteiger partial charge on any atom is 0.418 e. The van der Waals surface area contributed by atoms with Crippen LogP contribution in [-0.2, 0) is 11.2 Å². The summed E-state index contributed by atoms with van der Waals surface area (Å²) in [5.41, 5.74) is 1.89. The molecule has 5 nitrogen and oxygen atoms in total. The van der Waals surface area contributed by atoms with E-state index >= 15 is 0 Å². The first kappa shape index (κ1) is 20.4. The zero-order valence-corrected chi connectivity index (χ0v) is 16.5. The fourth-order valence-electron chi connectivity index (χ4n) is 2.56. The SMILES string of the molecule is Cc1nc(C)c(-c2csc(NC(=O)Cc3ccc(C(O)C(F)(F)F)cc3)n2)s1. The number of halogens is 3. The van der Waals surface area contributed by atoms with Crippen LogP contribution in [0.3, 0.4) is 0 Å². The summed E-state index contributed by atoms with van der Waals surface area (Å²) < 4.78 is 37.5. The van der Waals surface area contributed by atoms with E-state index in [4.69, 9.17) is 0 Å². The molecule has 0 aliphatic rings. The minimum absolute atomic E-state index is 0.0179. The van der Waals surface area contributed by atoms with Gasteiger partial charge in [0.25, 0.3) is 0 Å². The van der Waals surface area contributed by atoms with E-state index in [2.05, 4.69) is 15.3 Å². The van der Waals surface area contributed by atoms with Crippen molar-refractivity contribution in [2.75, 3.05) is 5.32 Å². The van der Waals surface area contributed by atoms with E-state index < -0.39 is 12.3 Å². The first-order chi connectivity index (χ1) is 13.1. The third kappa shape index (κ3) is 4.75. The lowest BCUT2D eigenvalue weighted by Crippen LogP contribution is -2.20. The molecule has 0 saturated carbocycles. The molecule has 2 heterocycles. The van der Waals surface area contributed by atoms with Crippen molar-refractivity contribution in [1.82, 2.24) is 9.97 Å². The van der Waals surface area contributed by atoms with Gasteiger partial charge in [-0.25, -0.2) is 9.97 Å². The number of hydrogen-bond donors (Lipinski definition) is 2. The van der Waals surface area contributed by atoms with Crippen LogP contribution >= 0.6 is 22.7 Å². The lowest BCUT2D eigenvalue weighted by molar-refractivity contribution is -0.206. The van der Waals surface area contributed by atoms with Gasteiger partial charge < -0.3 is 10.4 Å². The van der Waals surface area contributed by atoms with Gasteiger partial charge in [0.05, 0.1) is 27.7 Å². The Morgan fingerprint density at radius 2 is 1.89 bits per heavy atom. The van der Waals surface area contributed by atoms with Crippen LogP contribution in [0.5, 0.6) is 0 Å². The second-order valence-corrected chi connectivity index (χ2v) is 8.16. The van der Waals surface area contributed by atoms with E-state index in [1.165, 1.54) is 34.8 Å². The number of alkyl halides is 3. The van der Waals surface area contributed by atoms with Crippen LogP contribution in [0.4, 0.5) is 18.3 Å². The van der Waals surface area contributed by atoms with Gasteiger partial charge in [-0.1, -0.05) is 24.3 Å². The normalized spacial score (nSPS) is 12.8. The maximum atomic E-state index is 12.5. The quantitative estimate of drug-likeness (QED) is 0.621. The zero-order valence-electron chi connectivity index (χ0n) is 14.9. The fourth-order valence-corrected chi connectivity index (χ4v) is 4.23. The van der Waals surface area contributed by atoms with E-state index in [0.717, 1.165) is 33.4 Å². The molecule has 1 aromatic carbocycles. The molecular formula is C18H16F3N3O2S2. The lowest BCUT2D eigenvalue weighted by atomic mass is 10.0. The van der Waals surface area contributed by atoms with Gasteiger partial charge in [0.1, 0.15) is 0 Å². The number of benzene rings is 1. The van der Waals surface area contributed by atoms with E-state index in [-0.39, 0.29) is 17.9 Å². The van der Waals surface area contributed by atoms with Gasteiger partial charge in [-0.15, -0.1) is 22.7 Å². The molecule has 0 bridgehead atoms. The largest absolute Gasteiger partial charge is 0.418 e. The standard InChI is InChI=1S/C18H16F3N3O2S2/c1-9-15(28-10(2)22-9)13-8-27-17(23-13)24-14(25)7-11-3-5-12(6-4-11)16(26)18(19,20)21/h3-6,8,16,26H,7H2,1-2H3,(H,23,24,25). The number of nitrogens with one attached hydrogen (secondary N) is 1. The molecular weight excluding hydrogens is 411 g/mol. The number of aliphatic hydroxyl groups is 1. The van der Waals surface area contributed by atoms with Gasteiger partial charge in [0.2, 0.25) is 5.91 Å². The molecule has 3 aromatic rings. The average Bonchev–Trinajstić information content (AvgIpc) is 3.19. The predicted molar refractivity (Wildman–Crippen MR) is 102 cm³/mol. The number of aromatic nitrogens is 2. The van der Waals surface area contributed by atoms with Crippen molar-refractivity contribution in [3.8, 4) is 10.6 Å². The molecule has 2 N–H and O–H groups in total. The predicted octanol–water partition coefficient (Wildman–Crippen LogP) is 4.66. The Kier molecular flexibility index (Phi) is 5.82. The molecule has 0 aliphatic carbocycles. The zero-order chi connectivity index (χ0) is 20.5. The highest BCUT2D eigenvalue weighted by Crippen LogP contribution is 2.33. The number of hydrogen-bond acceptors (Lipinski definition) is 6. The van der Waals surface area contributed by atoms with E-state index in [9.17, 15) is 23.1 Å². The summed E-state index contributed by atoms with van der Waals surface area (Å²) in [6.07, 6.45) is -7.28. The summed E-state index contributed by atoms with van der Waals surface area (Å²) >= 11 is 2.82. The van der Waals surface area contributed by atoms with Gasteiger partial charge in [0, 0.05) is 5.38 Å². The molecule has 2 aromatic heterocycles. The Morgan fingerprint density at radius 3 is 2.46 bits per heavy atom. The third-order valence-corrected chi connectivity index (χ3v) is 5.71. The summed E-state index contributed by atoms with van der Waals surface area (Å²) in [5.74, 6) is -0.331. The van der Waals surface area contributed by atoms with Crippen LogP contribution in [0.1, 0.15) is 27.9 Å². The molecule has 0 aliphatic heterocycles. The second kappa shape index (κ2) is 7.98. The number of carbonyl (C=O) groups excluding carboxylic acids is 1. The Hall–Kier alpha value is -2.30. The third-order valence-electron chi connectivity index (χ3n) is 3.86. The average molecular weight is 427 g/mol. The van der Waals surface area contributed by atoms with Crippen molar-refractivity contribution in [2.24, 2.45) is 0 Å². The van der Waals surface area contributed by atoms with Gasteiger partial charge in [0.15, 0.2) is 11.2 Å². The molecule has 0 saturated heterocycles. The van der Waals surface area contributed by atoms with Crippen LogP contribution in [0, 0.1) is 13.8 Å². The number of carbonyl (C=O) groups is 1. The van der Waals surface area contributed by atoms with Gasteiger partial charge in [-0.3, -0.25) is 4.79 Å². The van der Waals surface area contributed by atoms with Crippen molar-refractivity contribution < 1.29 is 23.1 Å². The number of thiazole rings is 2. The molecule has 0 spiro atoms. The summed E-state index contributed by atoms with van der Waals surface area (Å²) in [4.78, 5) is 21.9. The van der Waals surface area contributed by atoms with E-state index in [0.29, 0.717) is 10.7 Å². The topological polar surface area (TPSA) is 75.1 Å². The molecule has 0 fully saturated rings. The highest BCUT2D eigenvalue weighted by Gasteiger charge is 2.39. The monoisotopic (exact) mass is 427 g/mol. The minimum atomic E-state index is -4.73. The minimum Gasteiger partial charge on any atom is -0.379 e. The molecule has 148 valence electrons. The Morgan fingerprint density at radius 1 is 1.21 bits per heavy atom. The first-order valence-corrected chi connectivity index (χ1v) is 9.86. The van der Waals surface area contributed by atoms with Crippen LogP contribution in [0.25, 0.3) is 10.6 Å². The molecule has 1 amide bonds. The number of amides is 1. The number of aryl methyl sites for hydroxylation is 2. The molecule has 28 heavy (non-hydrogen) atoms. The van der Waals surface area contributed by atoms with E-state index in [1.807, 2.05) is 19.2 Å². The summed E-state index contributed by atoms with van der Waals surface area (Å²) in [7, 11) is 0. The molecule has 1 atom stereocenters. The summed E-state index contributed by atoms with van der Waals surface area (Å²) in [5, 5.41) is 15.1. The van der Waals surface area contributed by atoms with Crippen molar-refractivity contribution in [3.63, 3.8) is 0 Å². The van der Waals surface area contributed by atoms with Crippen molar-refractivity contribution >= 4 is 33.7 Å². The number of aliphatic hydroxyl groups excluding tert-OH is 1. The Bertz CT molecular complexity index is 981. The summed E-state index contributed by atoms with van der Waals surface area (Å²) in [6, 6.07) is 5.11. The van der Waals surface area contributed by atoms with Crippen molar-refractivity contribution in [1.29, 1.82) is 0 Å². The van der Waals surface area contributed by atoms with Crippen LogP contribution in [-0.4, -0.2) is 27.2 Å². The van der Waals surface area contributed by atoms with Crippen LogP contribution in [0.2, 0.25) is 0 Å². The first-order valence-electron chi connectivity index (χ1n) is 8.17. The Labute approximate surface area is 166 Å². The van der Waals surface area contributed by atoms with Gasteiger partial charge in [-0.2, -0.15) is 13.2 Å². The van der Waals surface area contributed by atoms with E-state index in [1.54, 1.807) is 0 Å². The number of nitrogens with zero attached hydrogens (tertiary/aromatic N) is 2. The highest BCUT2D eigenvalue weighted by molar-refractivity contribution is 7.16.